The Balaban J connectivity index is 2.51. The van der Waals surface area contributed by atoms with Crippen molar-refractivity contribution < 1.29 is 8.42 Å². The van der Waals surface area contributed by atoms with Crippen molar-refractivity contribution in [2.45, 2.75) is 17.7 Å². The Labute approximate surface area is 107 Å². The van der Waals surface area contributed by atoms with Gasteiger partial charge in [-0.25, -0.2) is 13.1 Å². The largest absolute Gasteiger partial charge is 0.366 e. The van der Waals surface area contributed by atoms with Crippen LogP contribution in [0.15, 0.2) is 28.2 Å². The van der Waals surface area contributed by atoms with Gasteiger partial charge < -0.3 is 9.88 Å². The van der Waals surface area contributed by atoms with Gasteiger partial charge in [-0.05, 0) is 33.5 Å². The van der Waals surface area contributed by atoms with Crippen molar-refractivity contribution in [1.29, 1.82) is 0 Å². The molecule has 1 heterocycles. The minimum absolute atomic E-state index is 0.238. The molecule has 0 fully saturated rings. The summed E-state index contributed by atoms with van der Waals surface area (Å²) in [7, 11) is 0.233. The Bertz CT molecular complexity index is 522. The van der Waals surface area contributed by atoms with Crippen LogP contribution in [0.2, 0.25) is 0 Å². The van der Waals surface area contributed by atoms with Gasteiger partial charge in [0.2, 0.25) is 15.5 Å². The fourth-order valence-electron chi connectivity index (χ4n) is 1.45. The number of aromatic nitrogens is 1. The molecule has 102 valence electrons. The van der Waals surface area contributed by atoms with Gasteiger partial charge >= 0.3 is 0 Å². The van der Waals surface area contributed by atoms with E-state index in [1.807, 2.05) is 19.0 Å². The molecule has 0 amide bonds. The van der Waals surface area contributed by atoms with Gasteiger partial charge in [-0.15, -0.1) is 0 Å². The average Bonchev–Trinajstić information content (AvgIpc) is 2.28. The molecule has 7 heteroatoms. The minimum Gasteiger partial charge on any atom is -0.366 e. The Morgan fingerprint density at radius 1 is 1.33 bits per heavy atom. The molecule has 6 nitrogen and oxygen atoms in total. The third-order valence-corrected chi connectivity index (χ3v) is 3.88. The number of hydrogen-bond donors (Lipinski definition) is 2. The molecule has 1 rings (SSSR count). The summed E-state index contributed by atoms with van der Waals surface area (Å²) >= 11 is 0. The number of hydrogen-bond acceptors (Lipinski definition) is 4. The molecule has 18 heavy (non-hydrogen) atoms. The van der Waals surface area contributed by atoms with Crippen molar-refractivity contribution in [3.05, 3.63) is 28.7 Å². The third kappa shape index (κ3) is 4.59. The molecule has 0 aliphatic rings. The van der Waals surface area contributed by atoms with E-state index in [0.29, 0.717) is 6.54 Å². The van der Waals surface area contributed by atoms with Gasteiger partial charge in [0.25, 0.3) is 0 Å². The standard InChI is InChI=1S/C11H19N3O3S/c1-14(2)8-4-3-6-13-18(16,17)11-9-12-7-5-10(11)15/h5,7,9,13H,3-4,6,8H2,1-2H3,(H,12,15). The van der Waals surface area contributed by atoms with Crippen molar-refractivity contribution in [3.8, 4) is 0 Å². The predicted octanol–water partition coefficient (Wildman–Crippen LogP) is -0.00500. The molecule has 0 atom stereocenters. The van der Waals surface area contributed by atoms with Crippen LogP contribution < -0.4 is 10.2 Å². The molecule has 1 aromatic rings. The Morgan fingerprint density at radius 3 is 2.67 bits per heavy atom. The fourth-order valence-corrected chi connectivity index (χ4v) is 2.57. The first-order valence-electron chi connectivity index (χ1n) is 5.75. The zero-order valence-corrected chi connectivity index (χ0v) is 11.5. The van der Waals surface area contributed by atoms with E-state index in [1.54, 1.807) is 0 Å². The van der Waals surface area contributed by atoms with Crippen LogP contribution in [0.4, 0.5) is 0 Å². The highest BCUT2D eigenvalue weighted by Gasteiger charge is 2.16. The zero-order valence-electron chi connectivity index (χ0n) is 10.6. The van der Waals surface area contributed by atoms with Gasteiger partial charge in [0, 0.05) is 25.0 Å². The highest BCUT2D eigenvalue weighted by Crippen LogP contribution is 2.00. The third-order valence-electron chi connectivity index (χ3n) is 2.40. The molecule has 0 aromatic carbocycles. The Hall–Kier alpha value is -1.18. The van der Waals surface area contributed by atoms with Crippen LogP contribution in [-0.4, -0.2) is 45.5 Å². The summed E-state index contributed by atoms with van der Waals surface area (Å²) in [5.41, 5.74) is -0.505. The van der Waals surface area contributed by atoms with Crippen LogP contribution in [0.3, 0.4) is 0 Å². The smallest absolute Gasteiger partial charge is 0.245 e. The summed E-state index contributed by atoms with van der Waals surface area (Å²) in [5.74, 6) is 0. The fraction of sp³-hybridized carbons (Fsp3) is 0.545. The van der Waals surface area contributed by atoms with Gasteiger partial charge in [-0.3, -0.25) is 4.79 Å². The van der Waals surface area contributed by atoms with Crippen molar-refractivity contribution in [1.82, 2.24) is 14.6 Å². The summed E-state index contributed by atoms with van der Waals surface area (Å²) in [6.07, 6.45) is 4.24. The van der Waals surface area contributed by atoms with E-state index in [4.69, 9.17) is 0 Å². The van der Waals surface area contributed by atoms with Gasteiger partial charge in [-0.2, -0.15) is 0 Å². The minimum atomic E-state index is -3.70. The molecule has 0 radical (unpaired) electrons. The summed E-state index contributed by atoms with van der Waals surface area (Å²) in [6, 6.07) is 1.20. The lowest BCUT2D eigenvalue weighted by molar-refractivity contribution is 0.394. The second-order valence-electron chi connectivity index (χ2n) is 4.28. The topological polar surface area (TPSA) is 82.3 Å². The average molecular weight is 273 g/mol. The quantitative estimate of drug-likeness (QED) is 0.685. The molecular formula is C11H19N3O3S. The second kappa shape index (κ2) is 6.67. The number of rotatable bonds is 7. The van der Waals surface area contributed by atoms with Crippen molar-refractivity contribution >= 4 is 10.0 Å². The monoisotopic (exact) mass is 273 g/mol. The number of nitrogens with zero attached hydrogens (tertiary/aromatic N) is 1. The summed E-state index contributed by atoms with van der Waals surface area (Å²) in [4.78, 5) is 15.8. The molecule has 0 spiro atoms. The highest BCUT2D eigenvalue weighted by atomic mass is 32.2. The lowest BCUT2D eigenvalue weighted by Crippen LogP contribution is -2.29. The molecule has 0 saturated heterocycles. The van der Waals surface area contributed by atoms with Crippen LogP contribution >= 0.6 is 0 Å². The SMILES string of the molecule is CN(C)CCCCNS(=O)(=O)c1c[nH]ccc1=O. The van der Waals surface area contributed by atoms with Gasteiger partial charge in [0.15, 0.2) is 0 Å². The first-order valence-corrected chi connectivity index (χ1v) is 7.23. The number of nitrogens with one attached hydrogen (secondary N) is 2. The number of unbranched alkanes of at least 4 members (excludes halogenated alkanes) is 1. The van der Waals surface area contributed by atoms with Crippen LogP contribution in [0.25, 0.3) is 0 Å². The van der Waals surface area contributed by atoms with Crippen molar-refractivity contribution in [3.63, 3.8) is 0 Å². The van der Waals surface area contributed by atoms with Crippen LogP contribution in [0.1, 0.15) is 12.8 Å². The molecule has 0 aliphatic heterocycles. The van der Waals surface area contributed by atoms with Gasteiger partial charge in [0.05, 0.1) is 0 Å². The maximum atomic E-state index is 11.8. The predicted molar refractivity (Wildman–Crippen MR) is 70.0 cm³/mol. The lowest BCUT2D eigenvalue weighted by Gasteiger charge is -2.09. The maximum absolute atomic E-state index is 11.8. The van der Waals surface area contributed by atoms with E-state index in [-0.39, 0.29) is 4.90 Å². The lowest BCUT2D eigenvalue weighted by atomic mass is 10.3. The van der Waals surface area contributed by atoms with E-state index in [2.05, 4.69) is 9.71 Å². The zero-order chi connectivity index (χ0) is 13.6. The number of pyridine rings is 1. The molecule has 0 unspecified atom stereocenters. The molecule has 2 N–H and O–H groups in total. The van der Waals surface area contributed by atoms with E-state index in [1.165, 1.54) is 18.5 Å². The first-order chi connectivity index (χ1) is 8.43. The van der Waals surface area contributed by atoms with E-state index < -0.39 is 15.5 Å². The van der Waals surface area contributed by atoms with Crippen LogP contribution in [-0.2, 0) is 10.0 Å². The second-order valence-corrected chi connectivity index (χ2v) is 6.02. The first kappa shape index (κ1) is 14.9. The van der Waals surface area contributed by atoms with Gasteiger partial charge in [0.1, 0.15) is 4.90 Å². The molecule has 0 saturated carbocycles. The summed E-state index contributed by atoms with van der Waals surface area (Å²) in [6.45, 7) is 1.25. The van der Waals surface area contributed by atoms with Gasteiger partial charge in [-0.1, -0.05) is 0 Å². The molecule has 0 bridgehead atoms. The molecule has 0 aliphatic carbocycles. The normalized spacial score (nSPS) is 11.9. The maximum Gasteiger partial charge on any atom is 0.245 e. The van der Waals surface area contributed by atoms with Crippen molar-refractivity contribution in [2.24, 2.45) is 0 Å². The number of aromatic amines is 1. The van der Waals surface area contributed by atoms with Crippen LogP contribution in [0.5, 0.6) is 0 Å². The van der Waals surface area contributed by atoms with E-state index >= 15 is 0 Å². The van der Waals surface area contributed by atoms with E-state index in [9.17, 15) is 13.2 Å². The Morgan fingerprint density at radius 2 is 2.06 bits per heavy atom. The number of H-pyrrole nitrogens is 1. The number of sulfonamides is 1. The van der Waals surface area contributed by atoms with Crippen molar-refractivity contribution in [2.75, 3.05) is 27.2 Å². The van der Waals surface area contributed by atoms with Crippen LogP contribution in [0, 0.1) is 0 Å². The van der Waals surface area contributed by atoms with E-state index in [0.717, 1.165) is 19.4 Å². The summed E-state index contributed by atoms with van der Waals surface area (Å²) < 4.78 is 26.0. The summed E-state index contributed by atoms with van der Waals surface area (Å²) in [5, 5.41) is 0. The molecule has 1 aromatic heterocycles. The Kier molecular flexibility index (Phi) is 5.52. The highest BCUT2D eigenvalue weighted by molar-refractivity contribution is 7.89. The molecular weight excluding hydrogens is 254 g/mol.